The van der Waals surface area contributed by atoms with E-state index in [0.29, 0.717) is 6.04 Å². The highest BCUT2D eigenvalue weighted by Crippen LogP contribution is 2.21. The predicted molar refractivity (Wildman–Crippen MR) is 77.3 cm³/mol. The van der Waals surface area contributed by atoms with Crippen LogP contribution in [0.15, 0.2) is 24.3 Å². The smallest absolute Gasteiger partial charge is 0.120 e. The van der Waals surface area contributed by atoms with E-state index in [1.54, 1.807) is 0 Å². The van der Waals surface area contributed by atoms with Crippen LogP contribution in [0.2, 0.25) is 0 Å². The lowest BCUT2D eigenvalue weighted by molar-refractivity contribution is 0.0840. The highest BCUT2D eigenvalue weighted by molar-refractivity contribution is 5.28. The molecule has 1 heterocycles. The second kappa shape index (κ2) is 6.92. The molecule has 1 saturated heterocycles. The van der Waals surface area contributed by atoms with Crippen LogP contribution < -0.4 is 4.74 Å². The van der Waals surface area contributed by atoms with Crippen LogP contribution in [0, 0.1) is 0 Å². The third-order valence-corrected chi connectivity index (χ3v) is 3.62. The summed E-state index contributed by atoms with van der Waals surface area (Å²) in [5.41, 5.74) is 1.26. The van der Waals surface area contributed by atoms with Crippen LogP contribution in [-0.2, 0) is 6.54 Å². The molecule has 0 spiro atoms. The van der Waals surface area contributed by atoms with Crippen LogP contribution >= 0.6 is 0 Å². The van der Waals surface area contributed by atoms with Crippen molar-refractivity contribution in [2.24, 2.45) is 0 Å². The molecule has 1 unspecified atom stereocenters. The topological polar surface area (TPSA) is 32.7 Å². The molecular formula is C16H25NO2. The van der Waals surface area contributed by atoms with E-state index >= 15 is 0 Å². The summed E-state index contributed by atoms with van der Waals surface area (Å²) in [5, 5.41) is 9.45. The van der Waals surface area contributed by atoms with Crippen molar-refractivity contribution in [3.05, 3.63) is 29.8 Å². The lowest BCUT2D eigenvalue weighted by Gasteiger charge is -2.34. The zero-order chi connectivity index (χ0) is 13.7. The van der Waals surface area contributed by atoms with E-state index in [1.807, 2.05) is 26.0 Å². The Bertz CT molecular complexity index is 392. The van der Waals surface area contributed by atoms with E-state index in [1.165, 1.54) is 18.4 Å². The van der Waals surface area contributed by atoms with Gasteiger partial charge in [-0.25, -0.2) is 0 Å². The van der Waals surface area contributed by atoms with E-state index < -0.39 is 0 Å². The summed E-state index contributed by atoms with van der Waals surface area (Å²) in [6, 6.07) is 8.62. The van der Waals surface area contributed by atoms with Crippen molar-refractivity contribution in [2.75, 3.05) is 13.2 Å². The van der Waals surface area contributed by atoms with Gasteiger partial charge in [-0.15, -0.1) is 0 Å². The van der Waals surface area contributed by atoms with Crippen LogP contribution in [-0.4, -0.2) is 35.3 Å². The number of aliphatic hydroxyl groups is 1. The number of aliphatic hydroxyl groups excluding tert-OH is 1. The predicted octanol–water partition coefficient (Wildman–Crippen LogP) is 2.82. The number of likely N-dealkylation sites (tertiary alicyclic amines) is 1. The molecule has 106 valence electrons. The van der Waals surface area contributed by atoms with Crippen molar-refractivity contribution >= 4 is 0 Å². The fraction of sp³-hybridized carbons (Fsp3) is 0.625. The van der Waals surface area contributed by atoms with Crippen LogP contribution in [0.1, 0.15) is 38.7 Å². The molecule has 3 heteroatoms. The van der Waals surface area contributed by atoms with Crippen molar-refractivity contribution in [3.8, 4) is 5.75 Å². The molecule has 0 saturated carbocycles. The zero-order valence-corrected chi connectivity index (χ0v) is 12.0. The van der Waals surface area contributed by atoms with Gasteiger partial charge in [-0.3, -0.25) is 4.90 Å². The third-order valence-electron chi connectivity index (χ3n) is 3.62. The molecule has 0 aliphatic carbocycles. The molecule has 0 radical (unpaired) electrons. The minimum absolute atomic E-state index is 0.204. The summed E-state index contributed by atoms with van der Waals surface area (Å²) in [6.45, 7) is 6.33. The average Bonchev–Trinajstić information content (AvgIpc) is 2.39. The van der Waals surface area contributed by atoms with Gasteiger partial charge >= 0.3 is 0 Å². The van der Waals surface area contributed by atoms with Gasteiger partial charge in [0.1, 0.15) is 5.75 Å². The largest absolute Gasteiger partial charge is 0.491 e. The summed E-state index contributed by atoms with van der Waals surface area (Å²) in [6.07, 6.45) is 3.78. The lowest BCUT2D eigenvalue weighted by atomic mass is 10.0. The Morgan fingerprint density at radius 2 is 2.21 bits per heavy atom. The summed E-state index contributed by atoms with van der Waals surface area (Å²) in [4.78, 5) is 2.39. The minimum Gasteiger partial charge on any atom is -0.491 e. The maximum atomic E-state index is 9.45. The van der Waals surface area contributed by atoms with E-state index in [0.717, 1.165) is 25.3 Å². The standard InChI is InChI=1S/C16H25NO2/c1-13(2)19-16-8-5-6-14(10-16)11-17-9-4-3-7-15(17)12-18/h5-6,8,10,13,15,18H,3-4,7,9,11-12H2,1-2H3. The fourth-order valence-corrected chi connectivity index (χ4v) is 2.70. The molecular weight excluding hydrogens is 238 g/mol. The Balaban J connectivity index is 2.01. The van der Waals surface area contributed by atoms with Crippen LogP contribution in [0.25, 0.3) is 0 Å². The van der Waals surface area contributed by atoms with E-state index in [4.69, 9.17) is 4.74 Å². The molecule has 1 aliphatic rings. The van der Waals surface area contributed by atoms with Gasteiger partial charge in [0.15, 0.2) is 0 Å². The van der Waals surface area contributed by atoms with Crippen molar-refractivity contribution in [1.82, 2.24) is 4.90 Å². The van der Waals surface area contributed by atoms with Gasteiger partial charge in [0.25, 0.3) is 0 Å². The second-order valence-corrected chi connectivity index (χ2v) is 5.62. The highest BCUT2D eigenvalue weighted by atomic mass is 16.5. The zero-order valence-electron chi connectivity index (χ0n) is 12.0. The number of piperidine rings is 1. The average molecular weight is 263 g/mol. The van der Waals surface area contributed by atoms with Gasteiger partial charge in [-0.2, -0.15) is 0 Å². The molecule has 19 heavy (non-hydrogen) atoms. The molecule has 1 fully saturated rings. The minimum atomic E-state index is 0.204. The Kier molecular flexibility index (Phi) is 5.23. The molecule has 0 amide bonds. The number of benzene rings is 1. The first-order valence-electron chi connectivity index (χ1n) is 7.29. The highest BCUT2D eigenvalue weighted by Gasteiger charge is 2.21. The number of hydrogen-bond donors (Lipinski definition) is 1. The van der Waals surface area contributed by atoms with Gasteiger partial charge < -0.3 is 9.84 Å². The first-order valence-corrected chi connectivity index (χ1v) is 7.29. The van der Waals surface area contributed by atoms with Gasteiger partial charge in [0.05, 0.1) is 12.7 Å². The SMILES string of the molecule is CC(C)Oc1cccc(CN2CCCCC2CO)c1. The molecule has 3 nitrogen and oxygen atoms in total. The Morgan fingerprint density at radius 3 is 2.95 bits per heavy atom. The molecule has 1 N–H and O–H groups in total. The fourth-order valence-electron chi connectivity index (χ4n) is 2.70. The number of hydrogen-bond acceptors (Lipinski definition) is 3. The molecule has 2 rings (SSSR count). The van der Waals surface area contributed by atoms with Gasteiger partial charge in [0, 0.05) is 12.6 Å². The van der Waals surface area contributed by atoms with E-state index in [2.05, 4.69) is 17.0 Å². The van der Waals surface area contributed by atoms with Crippen LogP contribution in [0.3, 0.4) is 0 Å². The summed E-state index contributed by atoms with van der Waals surface area (Å²) < 4.78 is 5.73. The Hall–Kier alpha value is -1.06. The first-order chi connectivity index (χ1) is 9.19. The summed E-state index contributed by atoms with van der Waals surface area (Å²) >= 11 is 0. The van der Waals surface area contributed by atoms with Gasteiger partial charge in [-0.05, 0) is 50.9 Å². The Labute approximate surface area is 116 Å². The quantitative estimate of drug-likeness (QED) is 0.886. The van der Waals surface area contributed by atoms with Crippen molar-refractivity contribution in [1.29, 1.82) is 0 Å². The van der Waals surface area contributed by atoms with Gasteiger partial charge in [-0.1, -0.05) is 18.6 Å². The number of ether oxygens (including phenoxy) is 1. The molecule has 1 aromatic carbocycles. The summed E-state index contributed by atoms with van der Waals surface area (Å²) in [5.74, 6) is 0.935. The first kappa shape index (κ1) is 14.4. The number of nitrogens with zero attached hydrogens (tertiary/aromatic N) is 1. The van der Waals surface area contributed by atoms with E-state index in [9.17, 15) is 5.11 Å². The normalized spacial score (nSPS) is 20.7. The molecule has 1 aliphatic heterocycles. The van der Waals surface area contributed by atoms with Crippen molar-refractivity contribution in [3.63, 3.8) is 0 Å². The van der Waals surface area contributed by atoms with Crippen LogP contribution in [0.4, 0.5) is 0 Å². The summed E-state index contributed by atoms with van der Waals surface area (Å²) in [7, 11) is 0. The number of rotatable bonds is 5. The Morgan fingerprint density at radius 1 is 1.37 bits per heavy atom. The van der Waals surface area contributed by atoms with Crippen LogP contribution in [0.5, 0.6) is 5.75 Å². The maximum Gasteiger partial charge on any atom is 0.120 e. The molecule has 1 aromatic rings. The van der Waals surface area contributed by atoms with E-state index in [-0.39, 0.29) is 12.7 Å². The molecule has 1 atom stereocenters. The molecule has 0 aromatic heterocycles. The molecule has 0 bridgehead atoms. The second-order valence-electron chi connectivity index (χ2n) is 5.62. The third kappa shape index (κ3) is 4.22. The monoisotopic (exact) mass is 263 g/mol. The van der Waals surface area contributed by atoms with Gasteiger partial charge in [0.2, 0.25) is 0 Å². The van der Waals surface area contributed by atoms with Crippen molar-refractivity contribution < 1.29 is 9.84 Å². The van der Waals surface area contributed by atoms with Crippen molar-refractivity contribution in [2.45, 2.75) is 51.8 Å². The maximum absolute atomic E-state index is 9.45. The lowest BCUT2D eigenvalue weighted by Crippen LogP contribution is -2.41.